The van der Waals surface area contributed by atoms with Crippen molar-refractivity contribution in [2.24, 2.45) is 11.5 Å². The molecule has 2 aromatic carbocycles. The standard InChI is InChI=1S/C16H18F2N2Se/c17-13-5-1-11(2-6-13)15(19)9-21-10-16(20)12-3-7-14(18)8-4-12/h1-8,15-16H,9-10,19-20H2. The molecule has 0 heterocycles. The number of rotatable bonds is 6. The van der Waals surface area contributed by atoms with E-state index in [1.165, 1.54) is 24.3 Å². The summed E-state index contributed by atoms with van der Waals surface area (Å²) in [5, 5.41) is 1.68. The Morgan fingerprint density at radius 2 is 1.05 bits per heavy atom. The van der Waals surface area contributed by atoms with Crippen molar-refractivity contribution in [3.8, 4) is 0 Å². The first-order chi connectivity index (χ1) is 10.1. The summed E-state index contributed by atoms with van der Waals surface area (Å²) in [5.74, 6) is -0.510. The molecule has 112 valence electrons. The summed E-state index contributed by atoms with van der Waals surface area (Å²) in [5.41, 5.74) is 14.1. The molecule has 0 saturated carbocycles. The van der Waals surface area contributed by atoms with Crippen molar-refractivity contribution in [3.05, 3.63) is 71.3 Å². The average molecular weight is 355 g/mol. The van der Waals surface area contributed by atoms with E-state index >= 15 is 0 Å². The van der Waals surface area contributed by atoms with Crippen LogP contribution in [0.3, 0.4) is 0 Å². The first-order valence-corrected chi connectivity index (χ1v) is 9.08. The molecule has 2 unspecified atom stereocenters. The van der Waals surface area contributed by atoms with E-state index in [0.29, 0.717) is 0 Å². The quantitative estimate of drug-likeness (QED) is 0.782. The molecule has 0 saturated heterocycles. The van der Waals surface area contributed by atoms with E-state index < -0.39 is 0 Å². The van der Waals surface area contributed by atoms with Gasteiger partial charge < -0.3 is 0 Å². The Morgan fingerprint density at radius 1 is 0.714 bits per heavy atom. The zero-order chi connectivity index (χ0) is 15.2. The minimum absolute atomic E-state index is 0.0917. The Balaban J connectivity index is 1.80. The number of halogens is 2. The van der Waals surface area contributed by atoms with Gasteiger partial charge in [0.25, 0.3) is 0 Å². The molecule has 2 rings (SSSR count). The summed E-state index contributed by atoms with van der Waals surface area (Å²) in [7, 11) is 0. The topological polar surface area (TPSA) is 52.0 Å². The summed E-state index contributed by atoms with van der Waals surface area (Å²) in [4.78, 5) is 0. The van der Waals surface area contributed by atoms with Crippen molar-refractivity contribution in [2.75, 3.05) is 0 Å². The van der Waals surface area contributed by atoms with Gasteiger partial charge in [-0.15, -0.1) is 0 Å². The second-order valence-electron chi connectivity index (χ2n) is 4.85. The Kier molecular flexibility index (Phi) is 5.88. The molecule has 0 fully saturated rings. The van der Waals surface area contributed by atoms with Gasteiger partial charge in [-0.1, -0.05) is 0 Å². The van der Waals surface area contributed by atoms with Crippen molar-refractivity contribution in [1.82, 2.24) is 0 Å². The van der Waals surface area contributed by atoms with Crippen molar-refractivity contribution < 1.29 is 8.78 Å². The third-order valence-corrected chi connectivity index (χ3v) is 5.69. The first-order valence-electron chi connectivity index (χ1n) is 6.66. The molecule has 0 bridgehead atoms. The van der Waals surface area contributed by atoms with Gasteiger partial charge in [0.2, 0.25) is 0 Å². The third kappa shape index (κ3) is 4.90. The number of nitrogens with two attached hydrogens (primary N) is 2. The molecular formula is C16H18F2N2Se. The fraction of sp³-hybridized carbons (Fsp3) is 0.250. The molecule has 21 heavy (non-hydrogen) atoms. The maximum absolute atomic E-state index is 12.8. The maximum atomic E-state index is 12.8. The van der Waals surface area contributed by atoms with Crippen LogP contribution in [0.1, 0.15) is 23.2 Å². The number of hydrogen-bond acceptors (Lipinski definition) is 2. The molecule has 2 aromatic rings. The first kappa shape index (κ1) is 16.1. The SMILES string of the molecule is NC(C[Se]CC(N)c1ccc(F)cc1)c1ccc(F)cc1. The monoisotopic (exact) mass is 356 g/mol. The molecule has 4 N–H and O–H groups in total. The molecular weight excluding hydrogens is 337 g/mol. The molecule has 0 amide bonds. The predicted octanol–water partition coefficient (Wildman–Crippen LogP) is 3.21. The van der Waals surface area contributed by atoms with Gasteiger partial charge in [-0.3, -0.25) is 0 Å². The van der Waals surface area contributed by atoms with Crippen LogP contribution in [-0.2, 0) is 0 Å². The molecule has 0 radical (unpaired) electrons. The van der Waals surface area contributed by atoms with Crippen LogP contribution in [0.5, 0.6) is 0 Å². The fourth-order valence-corrected chi connectivity index (χ4v) is 4.09. The van der Waals surface area contributed by atoms with E-state index in [9.17, 15) is 8.78 Å². The zero-order valence-electron chi connectivity index (χ0n) is 11.5. The normalized spacial score (nSPS) is 13.9. The molecule has 2 nitrogen and oxygen atoms in total. The van der Waals surface area contributed by atoms with Crippen molar-refractivity contribution in [3.63, 3.8) is 0 Å². The van der Waals surface area contributed by atoms with E-state index in [2.05, 4.69) is 0 Å². The van der Waals surface area contributed by atoms with Crippen LogP contribution in [0.2, 0.25) is 10.6 Å². The number of hydrogen-bond donors (Lipinski definition) is 2. The van der Waals surface area contributed by atoms with E-state index in [4.69, 9.17) is 11.5 Å². The molecule has 0 aliphatic carbocycles. The van der Waals surface area contributed by atoms with Gasteiger partial charge in [0.15, 0.2) is 0 Å². The van der Waals surface area contributed by atoms with Gasteiger partial charge in [-0.25, -0.2) is 0 Å². The summed E-state index contributed by atoms with van der Waals surface area (Å²) < 4.78 is 25.7. The van der Waals surface area contributed by atoms with Crippen molar-refractivity contribution in [1.29, 1.82) is 0 Å². The molecule has 0 spiro atoms. The van der Waals surface area contributed by atoms with Crippen LogP contribution in [0.4, 0.5) is 8.78 Å². The average Bonchev–Trinajstić information content (AvgIpc) is 2.48. The summed E-state index contributed by atoms with van der Waals surface area (Å²) in [6.45, 7) is 0. The van der Waals surface area contributed by atoms with Crippen LogP contribution in [0.25, 0.3) is 0 Å². The van der Waals surface area contributed by atoms with Crippen LogP contribution >= 0.6 is 0 Å². The van der Waals surface area contributed by atoms with E-state index in [1.807, 2.05) is 0 Å². The third-order valence-electron chi connectivity index (χ3n) is 3.19. The summed E-state index contributed by atoms with van der Waals surface area (Å²) in [6.07, 6.45) is 0. The Labute approximate surface area is 129 Å². The van der Waals surface area contributed by atoms with Gasteiger partial charge in [-0.2, -0.15) is 0 Å². The van der Waals surface area contributed by atoms with E-state index in [1.54, 1.807) is 24.3 Å². The van der Waals surface area contributed by atoms with Gasteiger partial charge in [0.1, 0.15) is 0 Å². The summed E-state index contributed by atoms with van der Waals surface area (Å²) >= 11 is 0.279. The van der Waals surface area contributed by atoms with Gasteiger partial charge in [0.05, 0.1) is 0 Å². The molecule has 0 aliphatic rings. The Morgan fingerprint density at radius 3 is 1.38 bits per heavy atom. The van der Waals surface area contributed by atoms with E-state index in [-0.39, 0.29) is 38.7 Å². The second-order valence-corrected chi connectivity index (χ2v) is 7.11. The van der Waals surface area contributed by atoms with Crippen LogP contribution in [0.15, 0.2) is 48.5 Å². The zero-order valence-corrected chi connectivity index (χ0v) is 13.2. The Bertz CT molecular complexity index is 506. The van der Waals surface area contributed by atoms with E-state index in [0.717, 1.165) is 21.8 Å². The van der Waals surface area contributed by atoms with Crippen molar-refractivity contribution in [2.45, 2.75) is 22.7 Å². The van der Waals surface area contributed by atoms with Crippen LogP contribution in [-0.4, -0.2) is 15.0 Å². The van der Waals surface area contributed by atoms with Gasteiger partial charge >= 0.3 is 129 Å². The predicted molar refractivity (Wildman–Crippen MR) is 82.0 cm³/mol. The Hall–Kier alpha value is -1.26. The summed E-state index contributed by atoms with van der Waals surface area (Å²) in [6, 6.07) is 12.4. The van der Waals surface area contributed by atoms with Crippen LogP contribution < -0.4 is 11.5 Å². The minimum atomic E-state index is -0.255. The molecule has 2 atom stereocenters. The van der Waals surface area contributed by atoms with Crippen LogP contribution in [0, 0.1) is 11.6 Å². The molecule has 0 aromatic heterocycles. The van der Waals surface area contributed by atoms with Gasteiger partial charge in [-0.05, 0) is 0 Å². The molecule has 0 aliphatic heterocycles. The van der Waals surface area contributed by atoms with Crippen molar-refractivity contribution >= 4 is 15.0 Å². The number of benzene rings is 2. The second kappa shape index (κ2) is 7.66. The molecule has 5 heteroatoms. The van der Waals surface area contributed by atoms with Gasteiger partial charge in [0, 0.05) is 0 Å². The fourth-order valence-electron chi connectivity index (χ4n) is 1.93.